The fraction of sp³-hybridized carbons (Fsp3) is 0.260. The minimum Gasteiger partial charge on any atom is -0.545 e. The number of aromatic hydroxyl groups is 11. The number of carbonyl (C=O) groups excluding carboxylic acids is 5. The topological polar surface area (TPSA) is 436 Å². The predicted octanol–water partition coefficient (Wildman–Crippen LogP) is 18.7. The van der Waals surface area contributed by atoms with Gasteiger partial charge in [0, 0.05) is 34.9 Å². The van der Waals surface area contributed by atoms with Gasteiger partial charge in [-0.15, -0.1) is 0 Å². The number of phenolic OH excluding ortho intramolecular Hbond substituents is 11. The molecular weight excluding hydrogens is 1510 g/mol. The Morgan fingerprint density at radius 2 is 0.492 bits per heavy atom. The van der Waals surface area contributed by atoms with Gasteiger partial charge in [0.1, 0.15) is 69.2 Å². The van der Waals surface area contributed by atoms with Crippen LogP contribution in [0.3, 0.4) is 0 Å². The van der Waals surface area contributed by atoms with Crippen LogP contribution < -0.4 is 25.5 Å². The van der Waals surface area contributed by atoms with E-state index in [0.29, 0.717) is 40.2 Å². The zero-order valence-corrected chi connectivity index (χ0v) is 71.0. The molecule has 0 bridgehead atoms. The average Bonchev–Trinajstić information content (AvgIpc) is 1.24. The van der Waals surface area contributed by atoms with Crippen LogP contribution in [0.5, 0.6) is 63.2 Å². The van der Waals surface area contributed by atoms with Gasteiger partial charge >= 0.3 is 7.13 Å². The molecule has 12 rings (SSSR count). The number of carboxylic acid groups (broad SMARTS) is 5. The normalized spacial score (nSPS) is 9.43. The maximum Gasteiger partial charge on any atom is 1.00 e. The van der Waals surface area contributed by atoms with Crippen LogP contribution in [0.25, 0.3) is 21.5 Å². The van der Waals surface area contributed by atoms with Crippen molar-refractivity contribution in [1.82, 2.24) is 0 Å². The number of fused-ring (bicyclic) bond motifs is 2. The van der Waals surface area contributed by atoms with Gasteiger partial charge < -0.3 is 110 Å². The van der Waals surface area contributed by atoms with Crippen LogP contribution in [0, 0.1) is 0 Å². The number of hydrogen-bond donors (Lipinski definition) is 11. The highest BCUT2D eigenvalue weighted by Crippen LogP contribution is 2.31. The Morgan fingerprint density at radius 1 is 0.246 bits per heavy atom. The van der Waals surface area contributed by atoms with Gasteiger partial charge in [0.2, 0.25) is 0 Å². The van der Waals surface area contributed by atoms with Gasteiger partial charge in [-0.25, -0.2) is 0 Å². The fourth-order valence-corrected chi connectivity index (χ4v) is 8.78. The highest BCUT2D eigenvalue weighted by molar-refractivity contribution is 5.93. The van der Waals surface area contributed by atoms with Gasteiger partial charge in [-0.1, -0.05) is 284 Å². The van der Waals surface area contributed by atoms with Gasteiger partial charge in [0.15, 0.2) is 11.5 Å². The molecule has 22 heteroatoms. The lowest BCUT2D eigenvalue weighted by Crippen LogP contribution is -2.22. The van der Waals surface area contributed by atoms with Crippen molar-refractivity contribution in [1.29, 1.82) is 0 Å². The third kappa shape index (κ3) is 44.1. The molecule has 12 aromatic rings. The second-order valence-corrected chi connectivity index (χ2v) is 25.0. The second kappa shape index (κ2) is 60.9. The Morgan fingerprint density at radius 3 is 0.695 bits per heavy atom. The molecule has 0 aliphatic heterocycles. The Balaban J connectivity index is -0.000000196. The number of para-hydroxylation sites is 2. The molecule has 0 aliphatic carbocycles. The van der Waals surface area contributed by atoms with Crippen molar-refractivity contribution < 1.29 is 117 Å². The van der Waals surface area contributed by atoms with E-state index in [0.717, 1.165) is 51.2 Å². The molecule has 118 heavy (non-hydrogen) atoms. The maximum absolute atomic E-state index is 10.4. The standard InChI is InChI=1S/2C10H8O2.4C10H12O2.C8H10O3.C6H6O3.2C6H6O2.5C2H6/c11-9-3-1-7-2-4-10(12)6-8(7)5-9;11-9-5-1-3-7-8(9)4-2-6-10(7)12;4*1-7(2)8-3-5-9(6-4-8)10(11)12;1-5(2)6-3-4-7(11-6)8(9)10;7-4-1-5(8)3-6(9)2-4;7-5-1-2-6(8)4-3-5;7-5-3-1-2-4-6(5)8;5*1-2/h2*1-6,11-12H;4*3-7H,1-2H3,(H,11,12);3-5H,1-2H3,(H,9,10);1-3,7-9H;2*1-4,7-8H;5*1-2H3. The molecule has 0 amide bonds. The molecule has 22 nitrogen and oxygen atoms in total. The van der Waals surface area contributed by atoms with Crippen molar-refractivity contribution in [3.8, 4) is 63.2 Å². The number of furan rings is 1. The molecular formula is C96H122O22. The summed E-state index contributed by atoms with van der Waals surface area (Å²) in [4.78, 5) is 51.7. The molecule has 638 valence electrons. The Kier molecular flexibility index (Phi) is 56.0. The van der Waals surface area contributed by atoms with E-state index in [1.807, 2.05) is 144 Å². The van der Waals surface area contributed by atoms with Gasteiger partial charge in [-0.2, -0.15) is 0 Å². The lowest BCUT2D eigenvalue weighted by molar-refractivity contribution is -0.257. The minimum absolute atomic E-state index is 0. The summed E-state index contributed by atoms with van der Waals surface area (Å²) >= 11 is 0. The van der Waals surface area contributed by atoms with Crippen LogP contribution in [0.2, 0.25) is 0 Å². The van der Waals surface area contributed by atoms with Crippen LogP contribution in [-0.2, 0) is 0 Å². The first-order chi connectivity index (χ1) is 55.9. The predicted molar refractivity (Wildman–Crippen MR) is 464 cm³/mol. The van der Waals surface area contributed by atoms with E-state index in [4.69, 9.17) is 50.4 Å². The van der Waals surface area contributed by atoms with Crippen LogP contribution in [0.1, 0.15) is 255 Å². The van der Waals surface area contributed by atoms with Crippen molar-refractivity contribution >= 4 is 51.4 Å². The number of phenols is 11. The van der Waals surface area contributed by atoms with E-state index in [-0.39, 0.29) is 104 Å². The molecule has 0 fully saturated rings. The number of carbonyl (C=O) groups is 5. The summed E-state index contributed by atoms with van der Waals surface area (Å²) in [5.74, 6) is -2.67. The number of aromatic carboxylic acids is 5. The molecule has 1 heterocycles. The van der Waals surface area contributed by atoms with E-state index in [1.165, 1.54) is 42.5 Å². The fourth-order valence-electron chi connectivity index (χ4n) is 8.78. The largest absolute Gasteiger partial charge is 1.00 e. The summed E-state index contributed by atoms with van der Waals surface area (Å²) in [7, 11) is 0. The molecule has 0 unspecified atom stereocenters. The summed E-state index contributed by atoms with van der Waals surface area (Å²) in [6.45, 7) is 40.4. The molecule has 0 saturated heterocycles. The third-order valence-corrected chi connectivity index (χ3v) is 15.0. The van der Waals surface area contributed by atoms with Crippen LogP contribution in [0.15, 0.2) is 253 Å². The summed E-state index contributed by atoms with van der Waals surface area (Å²) in [5.41, 5.74) is 5.50. The maximum atomic E-state index is 10.4. The first kappa shape index (κ1) is 109. The Bertz CT molecular complexity index is 4370. The summed E-state index contributed by atoms with van der Waals surface area (Å²) < 4.78 is 4.94. The van der Waals surface area contributed by atoms with E-state index in [1.54, 1.807) is 127 Å². The Labute approximate surface area is 701 Å². The first-order valence-corrected chi connectivity index (χ1v) is 38.4. The molecule has 0 saturated carbocycles. The first-order valence-electron chi connectivity index (χ1n) is 38.4. The zero-order valence-electron chi connectivity index (χ0n) is 76.0. The molecule has 0 aliphatic rings. The van der Waals surface area contributed by atoms with Gasteiger partial charge in [-0.3, -0.25) is 0 Å². The third-order valence-electron chi connectivity index (χ3n) is 15.0. The minimum atomic E-state index is -1.27. The van der Waals surface area contributed by atoms with Crippen molar-refractivity contribution in [2.45, 2.75) is 168 Å². The van der Waals surface area contributed by atoms with Crippen LogP contribution in [0.4, 0.5) is 0 Å². The zero-order chi connectivity index (χ0) is 90.9. The van der Waals surface area contributed by atoms with Crippen molar-refractivity contribution in [3.05, 3.63) is 305 Å². The second-order valence-electron chi connectivity index (χ2n) is 25.0. The number of hydrogen-bond acceptors (Lipinski definition) is 22. The summed E-state index contributed by atoms with van der Waals surface area (Å²) in [6.07, 6.45) is 0. The van der Waals surface area contributed by atoms with Crippen molar-refractivity contribution in [2.75, 3.05) is 0 Å². The van der Waals surface area contributed by atoms with Gasteiger partial charge in [0.05, 0.1) is 23.9 Å². The monoisotopic (exact) mass is 1630 g/mol. The molecule has 1 aromatic heterocycles. The highest BCUT2D eigenvalue weighted by Gasteiger charge is 2.07. The number of carboxylic acids is 5. The van der Waals surface area contributed by atoms with E-state index in [2.05, 4.69) is 55.4 Å². The molecule has 11 N–H and O–H groups in total. The molecule has 0 spiro atoms. The SMILES string of the molecule is CC.CC.CC.CC.CC.CC(C)c1ccc(C(=O)[O-])cc1.CC(C)c1ccc(C(=O)[O-])cc1.CC(C)c1ccc(C(=O)[O-])cc1.CC(C)c1ccc(C(=O)[O-])cc1.CC(C)c1ccc(C(=O)[O-])o1.Oc1cc(O)cc(O)c1.Oc1ccc(O)cc1.Oc1ccc2ccc(O)cc2c1.Oc1cccc2c(O)cccc12.Oc1ccccc1O.[H+].[H+].[H+].[H+].[H+]. The average molecular weight is 1630 g/mol. The lowest BCUT2D eigenvalue weighted by atomic mass is 10.0. The molecule has 0 atom stereocenters. The highest BCUT2D eigenvalue weighted by atomic mass is 16.4. The van der Waals surface area contributed by atoms with E-state index >= 15 is 0 Å². The van der Waals surface area contributed by atoms with E-state index < -0.39 is 29.8 Å². The Hall–Kier alpha value is -13.6. The van der Waals surface area contributed by atoms with Crippen molar-refractivity contribution in [2.24, 2.45) is 0 Å². The lowest BCUT2D eigenvalue weighted by Gasteiger charge is -2.06. The number of benzene rings is 11. The van der Waals surface area contributed by atoms with Crippen molar-refractivity contribution in [3.63, 3.8) is 0 Å². The summed E-state index contributed by atoms with van der Waals surface area (Å²) in [6, 6.07) is 65.7. The van der Waals surface area contributed by atoms with E-state index in [9.17, 15) is 59.7 Å². The number of rotatable bonds is 10. The van der Waals surface area contributed by atoms with Crippen LogP contribution in [-0.4, -0.2) is 86.0 Å². The molecule has 11 aromatic carbocycles. The van der Waals surface area contributed by atoms with Crippen LogP contribution >= 0.6 is 0 Å². The van der Waals surface area contributed by atoms with Gasteiger partial charge in [-0.05, 0) is 164 Å². The smallest absolute Gasteiger partial charge is 0.545 e. The van der Waals surface area contributed by atoms with Gasteiger partial charge in [0.25, 0.3) is 0 Å². The quantitative estimate of drug-likeness (QED) is 0.0447. The summed E-state index contributed by atoms with van der Waals surface area (Å²) in [5, 5.41) is 153. The molecule has 0 radical (unpaired) electrons.